The average Bonchev–Trinajstić information content (AvgIpc) is 2.16. The van der Waals surface area contributed by atoms with Gasteiger partial charge in [-0.15, -0.1) is 0 Å². The minimum absolute atomic E-state index is 0.0278. The van der Waals surface area contributed by atoms with Gasteiger partial charge in [-0.25, -0.2) is 0 Å². The number of benzene rings is 1. The summed E-state index contributed by atoms with van der Waals surface area (Å²) >= 11 is 3.47. The quantitative estimate of drug-likeness (QED) is 0.857. The number of halogens is 1. The maximum absolute atomic E-state index is 5.98. The van der Waals surface area contributed by atoms with E-state index in [9.17, 15) is 0 Å². The topological polar surface area (TPSA) is 29.3 Å². The molecule has 1 aromatic carbocycles. The molecule has 0 saturated carbocycles. The van der Waals surface area contributed by atoms with Crippen molar-refractivity contribution in [1.82, 2.24) is 0 Å². The Balaban J connectivity index is 3.07. The Hall–Kier alpha value is -0.800. The summed E-state index contributed by atoms with van der Waals surface area (Å²) in [5, 5.41) is 0. The molecule has 0 bridgehead atoms. The second-order valence-electron chi connectivity index (χ2n) is 4.30. The molecule has 0 saturated heterocycles. The van der Waals surface area contributed by atoms with Gasteiger partial charge in [0.15, 0.2) is 0 Å². The molecule has 2 N–H and O–H groups in total. The lowest BCUT2D eigenvalue weighted by Gasteiger charge is -2.24. The van der Waals surface area contributed by atoms with Crippen molar-refractivity contribution in [3.05, 3.63) is 40.4 Å². The molecule has 1 rings (SSSR count). The zero-order valence-electron chi connectivity index (χ0n) is 10.1. The smallest absolute Gasteiger partial charge is 0.0415 e. The van der Waals surface area contributed by atoms with Crippen molar-refractivity contribution in [2.45, 2.75) is 19.9 Å². The van der Waals surface area contributed by atoms with Crippen LogP contribution in [0, 0.1) is 0 Å². The third kappa shape index (κ3) is 3.35. The summed E-state index contributed by atoms with van der Waals surface area (Å²) < 4.78 is 1.06. The van der Waals surface area contributed by atoms with E-state index in [1.807, 2.05) is 19.9 Å². The Labute approximate surface area is 106 Å². The molecule has 1 unspecified atom stereocenters. The Morgan fingerprint density at radius 2 is 2.19 bits per heavy atom. The summed E-state index contributed by atoms with van der Waals surface area (Å²) in [6.45, 7) is 8.81. The van der Waals surface area contributed by atoms with E-state index >= 15 is 0 Å². The second-order valence-corrected chi connectivity index (χ2v) is 5.22. The van der Waals surface area contributed by atoms with E-state index in [-0.39, 0.29) is 6.04 Å². The van der Waals surface area contributed by atoms with Gasteiger partial charge in [0.2, 0.25) is 0 Å². The predicted octanol–water partition coefficient (Wildman–Crippen LogP) is 3.48. The standard InChI is InChI=1S/C13H19BrN2/c1-9(2)8-16(4)13-6-5-11(14)7-12(13)10(3)15/h5-7,10H,1,8,15H2,2-4H3. The summed E-state index contributed by atoms with van der Waals surface area (Å²) in [6, 6.07) is 6.23. The Morgan fingerprint density at radius 3 is 2.69 bits per heavy atom. The van der Waals surface area contributed by atoms with E-state index < -0.39 is 0 Å². The molecule has 16 heavy (non-hydrogen) atoms. The fourth-order valence-electron chi connectivity index (χ4n) is 1.73. The van der Waals surface area contributed by atoms with Crippen LogP contribution in [0.5, 0.6) is 0 Å². The number of rotatable bonds is 4. The Kier molecular flexibility index (Phi) is 4.56. The van der Waals surface area contributed by atoms with Crippen LogP contribution in [0.25, 0.3) is 0 Å². The third-order valence-corrected chi connectivity index (χ3v) is 2.89. The fourth-order valence-corrected chi connectivity index (χ4v) is 2.11. The van der Waals surface area contributed by atoms with Gasteiger partial charge in [0.1, 0.15) is 0 Å². The van der Waals surface area contributed by atoms with Crippen LogP contribution >= 0.6 is 15.9 Å². The van der Waals surface area contributed by atoms with Crippen LogP contribution in [0.3, 0.4) is 0 Å². The molecule has 1 aromatic rings. The van der Waals surface area contributed by atoms with Crippen molar-refractivity contribution in [1.29, 1.82) is 0 Å². The van der Waals surface area contributed by atoms with E-state index in [1.54, 1.807) is 0 Å². The first kappa shape index (κ1) is 13.3. The average molecular weight is 283 g/mol. The number of anilines is 1. The summed E-state index contributed by atoms with van der Waals surface area (Å²) in [4.78, 5) is 2.17. The van der Waals surface area contributed by atoms with Gasteiger partial charge in [-0.05, 0) is 37.6 Å². The van der Waals surface area contributed by atoms with Crippen LogP contribution in [-0.4, -0.2) is 13.6 Å². The van der Waals surface area contributed by atoms with Crippen LogP contribution in [0.15, 0.2) is 34.8 Å². The molecule has 0 aliphatic carbocycles. The second kappa shape index (κ2) is 5.51. The van der Waals surface area contributed by atoms with E-state index in [1.165, 1.54) is 5.69 Å². The normalized spacial score (nSPS) is 12.3. The molecule has 1 atom stereocenters. The highest BCUT2D eigenvalue weighted by Gasteiger charge is 2.11. The predicted molar refractivity (Wildman–Crippen MR) is 74.8 cm³/mol. The van der Waals surface area contributed by atoms with Crippen molar-refractivity contribution in [2.24, 2.45) is 5.73 Å². The zero-order chi connectivity index (χ0) is 12.3. The number of hydrogen-bond acceptors (Lipinski definition) is 2. The molecule has 2 nitrogen and oxygen atoms in total. The van der Waals surface area contributed by atoms with Crippen LogP contribution < -0.4 is 10.6 Å². The number of nitrogens with zero attached hydrogens (tertiary/aromatic N) is 1. The highest BCUT2D eigenvalue weighted by molar-refractivity contribution is 9.10. The molecule has 0 radical (unpaired) electrons. The number of likely N-dealkylation sites (N-methyl/N-ethyl adjacent to an activating group) is 1. The molecular weight excluding hydrogens is 264 g/mol. The minimum Gasteiger partial charge on any atom is -0.370 e. The maximum atomic E-state index is 5.98. The number of hydrogen-bond donors (Lipinski definition) is 1. The summed E-state index contributed by atoms with van der Waals surface area (Å²) in [7, 11) is 2.06. The highest BCUT2D eigenvalue weighted by Crippen LogP contribution is 2.28. The summed E-state index contributed by atoms with van der Waals surface area (Å²) in [6.07, 6.45) is 0. The third-order valence-electron chi connectivity index (χ3n) is 2.40. The molecule has 88 valence electrons. The van der Waals surface area contributed by atoms with Crippen molar-refractivity contribution in [3.63, 3.8) is 0 Å². The van der Waals surface area contributed by atoms with Crippen molar-refractivity contribution >= 4 is 21.6 Å². The molecular formula is C13H19BrN2. The monoisotopic (exact) mass is 282 g/mol. The summed E-state index contributed by atoms with van der Waals surface area (Å²) in [5.74, 6) is 0. The van der Waals surface area contributed by atoms with E-state index in [0.29, 0.717) is 0 Å². The molecule has 0 spiro atoms. The van der Waals surface area contributed by atoms with Crippen LogP contribution in [-0.2, 0) is 0 Å². The van der Waals surface area contributed by atoms with E-state index in [4.69, 9.17) is 5.73 Å². The zero-order valence-corrected chi connectivity index (χ0v) is 11.7. The van der Waals surface area contributed by atoms with Crippen LogP contribution in [0.1, 0.15) is 25.5 Å². The van der Waals surface area contributed by atoms with Gasteiger partial charge < -0.3 is 10.6 Å². The Bertz CT molecular complexity index is 386. The molecule has 0 aliphatic rings. The van der Waals surface area contributed by atoms with Gasteiger partial charge >= 0.3 is 0 Å². The minimum atomic E-state index is 0.0278. The highest BCUT2D eigenvalue weighted by atomic mass is 79.9. The molecule has 0 aliphatic heterocycles. The first-order chi connectivity index (χ1) is 7.41. The van der Waals surface area contributed by atoms with Crippen molar-refractivity contribution in [3.8, 4) is 0 Å². The first-order valence-corrected chi connectivity index (χ1v) is 6.11. The van der Waals surface area contributed by atoms with E-state index in [2.05, 4.69) is 46.6 Å². The van der Waals surface area contributed by atoms with Crippen molar-refractivity contribution < 1.29 is 0 Å². The van der Waals surface area contributed by atoms with Gasteiger partial charge in [0, 0.05) is 29.8 Å². The summed E-state index contributed by atoms with van der Waals surface area (Å²) in [5.41, 5.74) is 9.44. The van der Waals surface area contributed by atoms with Gasteiger partial charge in [-0.1, -0.05) is 28.1 Å². The van der Waals surface area contributed by atoms with Gasteiger partial charge in [-0.3, -0.25) is 0 Å². The molecule has 0 aromatic heterocycles. The molecule has 3 heteroatoms. The van der Waals surface area contributed by atoms with Crippen molar-refractivity contribution in [2.75, 3.05) is 18.5 Å². The first-order valence-electron chi connectivity index (χ1n) is 5.32. The lowest BCUT2D eigenvalue weighted by atomic mass is 10.1. The van der Waals surface area contributed by atoms with Gasteiger partial charge in [0.05, 0.1) is 0 Å². The lowest BCUT2D eigenvalue weighted by Crippen LogP contribution is -2.22. The Morgan fingerprint density at radius 1 is 1.56 bits per heavy atom. The van der Waals surface area contributed by atoms with Crippen LogP contribution in [0.4, 0.5) is 5.69 Å². The maximum Gasteiger partial charge on any atom is 0.0415 e. The fraction of sp³-hybridized carbons (Fsp3) is 0.385. The lowest BCUT2D eigenvalue weighted by molar-refractivity contribution is 0.807. The van der Waals surface area contributed by atoms with Gasteiger partial charge in [-0.2, -0.15) is 0 Å². The molecule has 0 amide bonds. The van der Waals surface area contributed by atoms with E-state index in [0.717, 1.165) is 22.2 Å². The largest absolute Gasteiger partial charge is 0.370 e. The SMILES string of the molecule is C=C(C)CN(C)c1ccc(Br)cc1C(C)N. The van der Waals surface area contributed by atoms with Gasteiger partial charge in [0.25, 0.3) is 0 Å². The molecule has 0 fully saturated rings. The molecule has 0 heterocycles. The van der Waals surface area contributed by atoms with Crippen LogP contribution in [0.2, 0.25) is 0 Å². The number of nitrogens with two attached hydrogens (primary N) is 1.